The van der Waals surface area contributed by atoms with Crippen molar-refractivity contribution in [1.82, 2.24) is 10.2 Å². The van der Waals surface area contributed by atoms with Crippen molar-refractivity contribution in [3.8, 4) is 0 Å². The summed E-state index contributed by atoms with van der Waals surface area (Å²) in [5.41, 5.74) is 2.27. The van der Waals surface area contributed by atoms with Crippen LogP contribution < -0.4 is 5.32 Å². The van der Waals surface area contributed by atoms with Crippen LogP contribution in [-0.4, -0.2) is 41.0 Å². The minimum absolute atomic E-state index is 0.0240. The van der Waals surface area contributed by atoms with Gasteiger partial charge in [0.05, 0.1) is 5.92 Å². The van der Waals surface area contributed by atoms with Gasteiger partial charge in [-0.3, -0.25) is 9.59 Å². The zero-order chi connectivity index (χ0) is 16.8. The van der Waals surface area contributed by atoms with Crippen LogP contribution in [0.2, 0.25) is 0 Å². The second-order valence-corrected chi connectivity index (χ2v) is 6.44. The van der Waals surface area contributed by atoms with E-state index in [1.807, 2.05) is 38.1 Å². The van der Waals surface area contributed by atoms with E-state index in [0.29, 0.717) is 19.5 Å². The molecule has 2 N–H and O–H groups in total. The summed E-state index contributed by atoms with van der Waals surface area (Å²) in [4.78, 5) is 26.1. The van der Waals surface area contributed by atoms with E-state index in [1.54, 1.807) is 4.90 Å². The number of amides is 2. The Bertz CT molecular complexity index is 542. The molecule has 2 rings (SSSR count). The number of aliphatic hydroxyl groups excluding tert-OH is 1. The van der Waals surface area contributed by atoms with E-state index in [4.69, 9.17) is 5.11 Å². The minimum Gasteiger partial charge on any atom is -0.396 e. The van der Waals surface area contributed by atoms with Gasteiger partial charge in [0, 0.05) is 32.2 Å². The molecule has 2 amide bonds. The number of likely N-dealkylation sites (tertiary alicyclic amines) is 1. The molecule has 2 unspecified atom stereocenters. The highest BCUT2D eigenvalue weighted by Crippen LogP contribution is 2.21. The molecule has 0 radical (unpaired) electrons. The number of carbonyl (C=O) groups is 2. The normalized spacial score (nSPS) is 19.0. The maximum Gasteiger partial charge on any atom is 0.225 e. The smallest absolute Gasteiger partial charge is 0.225 e. The first kappa shape index (κ1) is 17.5. The molecule has 126 valence electrons. The Labute approximate surface area is 137 Å². The second kappa shape index (κ2) is 8.11. The molecule has 1 saturated heterocycles. The first-order chi connectivity index (χ1) is 11.0. The lowest BCUT2D eigenvalue weighted by Gasteiger charge is -2.18. The highest BCUT2D eigenvalue weighted by Gasteiger charge is 2.34. The highest BCUT2D eigenvalue weighted by molar-refractivity contribution is 5.89. The predicted molar refractivity (Wildman–Crippen MR) is 88.6 cm³/mol. The van der Waals surface area contributed by atoms with E-state index in [2.05, 4.69) is 5.32 Å². The minimum atomic E-state index is -0.274. The molecule has 0 aromatic heterocycles. The number of aliphatic hydroxyl groups is 1. The molecule has 5 heteroatoms. The second-order valence-electron chi connectivity index (χ2n) is 6.44. The fourth-order valence-electron chi connectivity index (χ4n) is 2.84. The number of hydrogen-bond donors (Lipinski definition) is 2. The molecule has 1 aliphatic heterocycles. The molecule has 0 saturated carbocycles. The summed E-state index contributed by atoms with van der Waals surface area (Å²) in [5.74, 6) is -0.298. The summed E-state index contributed by atoms with van der Waals surface area (Å²) >= 11 is 0. The molecule has 0 aliphatic carbocycles. The average molecular weight is 318 g/mol. The van der Waals surface area contributed by atoms with Gasteiger partial charge in [0.1, 0.15) is 0 Å². The Morgan fingerprint density at radius 2 is 2.09 bits per heavy atom. The average Bonchev–Trinajstić information content (AvgIpc) is 2.88. The van der Waals surface area contributed by atoms with Crippen molar-refractivity contribution in [1.29, 1.82) is 0 Å². The van der Waals surface area contributed by atoms with Crippen LogP contribution in [0.1, 0.15) is 37.3 Å². The van der Waals surface area contributed by atoms with Crippen LogP contribution in [0.3, 0.4) is 0 Å². The number of carbonyl (C=O) groups excluding carboxylic acids is 2. The lowest BCUT2D eigenvalue weighted by Crippen LogP contribution is -2.38. The highest BCUT2D eigenvalue weighted by atomic mass is 16.3. The fraction of sp³-hybridized carbons (Fsp3) is 0.556. The summed E-state index contributed by atoms with van der Waals surface area (Å²) in [5, 5.41) is 11.8. The summed E-state index contributed by atoms with van der Waals surface area (Å²) < 4.78 is 0. The number of nitrogens with zero attached hydrogens (tertiary/aromatic N) is 1. The van der Waals surface area contributed by atoms with Crippen molar-refractivity contribution in [3.05, 3.63) is 35.4 Å². The van der Waals surface area contributed by atoms with Crippen molar-refractivity contribution in [3.63, 3.8) is 0 Å². The van der Waals surface area contributed by atoms with Gasteiger partial charge in [0.15, 0.2) is 0 Å². The molecule has 0 bridgehead atoms. The number of hydrogen-bond acceptors (Lipinski definition) is 3. The Kier molecular flexibility index (Phi) is 6.16. The van der Waals surface area contributed by atoms with E-state index in [1.165, 1.54) is 5.56 Å². The van der Waals surface area contributed by atoms with Crippen molar-refractivity contribution < 1.29 is 14.7 Å². The zero-order valence-electron chi connectivity index (χ0n) is 13.9. The summed E-state index contributed by atoms with van der Waals surface area (Å²) in [7, 11) is 0. The lowest BCUT2D eigenvalue weighted by atomic mass is 10.1. The van der Waals surface area contributed by atoms with E-state index < -0.39 is 0 Å². The van der Waals surface area contributed by atoms with Gasteiger partial charge in [0.2, 0.25) is 11.8 Å². The molecule has 1 aromatic rings. The zero-order valence-corrected chi connectivity index (χ0v) is 13.9. The van der Waals surface area contributed by atoms with Gasteiger partial charge in [-0.05, 0) is 32.3 Å². The first-order valence-electron chi connectivity index (χ1n) is 8.24. The number of benzene rings is 1. The molecule has 2 atom stereocenters. The van der Waals surface area contributed by atoms with Gasteiger partial charge in [-0.2, -0.15) is 0 Å². The largest absolute Gasteiger partial charge is 0.396 e. The molecule has 1 aliphatic rings. The summed E-state index contributed by atoms with van der Waals surface area (Å²) in [6.45, 7) is 5.12. The van der Waals surface area contributed by atoms with Gasteiger partial charge >= 0.3 is 0 Å². The Morgan fingerprint density at radius 3 is 2.74 bits per heavy atom. The third kappa shape index (κ3) is 5.06. The Balaban J connectivity index is 1.86. The van der Waals surface area contributed by atoms with Crippen molar-refractivity contribution in [2.24, 2.45) is 5.92 Å². The number of aryl methyl sites for hydroxylation is 1. The van der Waals surface area contributed by atoms with Crippen molar-refractivity contribution in [2.45, 2.75) is 45.7 Å². The molecule has 0 spiro atoms. The summed E-state index contributed by atoms with van der Waals surface area (Å²) in [6.07, 6.45) is 1.70. The standard InChI is InChI=1S/C18H26N2O3/c1-13-5-7-15(8-6-13)11-20-12-16(10-17(20)22)18(23)19-14(2)4-3-9-21/h5-8,14,16,21H,3-4,9-12H2,1-2H3,(H,19,23). The van der Waals surface area contributed by atoms with Crippen LogP contribution in [0.15, 0.2) is 24.3 Å². The van der Waals surface area contributed by atoms with Crippen molar-refractivity contribution >= 4 is 11.8 Å². The topological polar surface area (TPSA) is 69.6 Å². The molecule has 5 nitrogen and oxygen atoms in total. The van der Waals surface area contributed by atoms with Crippen LogP contribution in [0, 0.1) is 12.8 Å². The molecule has 1 aromatic carbocycles. The maximum atomic E-state index is 12.3. The number of rotatable bonds is 7. The molecular weight excluding hydrogens is 292 g/mol. The molecule has 1 fully saturated rings. The van der Waals surface area contributed by atoms with Gasteiger partial charge in [0.25, 0.3) is 0 Å². The van der Waals surface area contributed by atoms with Crippen molar-refractivity contribution in [2.75, 3.05) is 13.2 Å². The van der Waals surface area contributed by atoms with Crippen LogP contribution in [-0.2, 0) is 16.1 Å². The van der Waals surface area contributed by atoms with Crippen LogP contribution in [0.25, 0.3) is 0 Å². The van der Waals surface area contributed by atoms with Crippen LogP contribution in [0.5, 0.6) is 0 Å². The van der Waals surface area contributed by atoms with E-state index in [-0.39, 0.29) is 36.8 Å². The third-order valence-corrected chi connectivity index (χ3v) is 4.26. The first-order valence-corrected chi connectivity index (χ1v) is 8.24. The van der Waals surface area contributed by atoms with Gasteiger partial charge < -0.3 is 15.3 Å². The predicted octanol–water partition coefficient (Wildman–Crippen LogP) is 1.62. The Hall–Kier alpha value is -1.88. The monoisotopic (exact) mass is 318 g/mol. The van der Waals surface area contributed by atoms with Gasteiger partial charge in [-0.1, -0.05) is 29.8 Å². The molecule has 23 heavy (non-hydrogen) atoms. The van der Waals surface area contributed by atoms with E-state index in [9.17, 15) is 9.59 Å². The van der Waals surface area contributed by atoms with E-state index >= 15 is 0 Å². The molecular formula is C18H26N2O3. The summed E-state index contributed by atoms with van der Waals surface area (Å²) in [6, 6.07) is 8.13. The number of nitrogens with one attached hydrogen (secondary N) is 1. The van der Waals surface area contributed by atoms with Gasteiger partial charge in [-0.15, -0.1) is 0 Å². The Morgan fingerprint density at radius 1 is 1.39 bits per heavy atom. The third-order valence-electron chi connectivity index (χ3n) is 4.26. The van der Waals surface area contributed by atoms with Gasteiger partial charge in [-0.25, -0.2) is 0 Å². The lowest BCUT2D eigenvalue weighted by molar-refractivity contribution is -0.129. The van der Waals surface area contributed by atoms with Crippen LogP contribution in [0.4, 0.5) is 0 Å². The van der Waals surface area contributed by atoms with Crippen LogP contribution >= 0.6 is 0 Å². The molecule has 1 heterocycles. The SMILES string of the molecule is Cc1ccc(CN2CC(C(=O)NC(C)CCCO)CC2=O)cc1. The maximum absolute atomic E-state index is 12.3. The van der Waals surface area contributed by atoms with E-state index in [0.717, 1.165) is 12.0 Å². The quantitative estimate of drug-likeness (QED) is 0.802. The fourth-order valence-corrected chi connectivity index (χ4v) is 2.84.